The maximum atomic E-state index is 12.7. The molecule has 1 amide bonds. The van der Waals surface area contributed by atoms with E-state index < -0.39 is 0 Å². The van der Waals surface area contributed by atoms with Crippen LogP contribution < -0.4 is 5.32 Å². The first-order chi connectivity index (χ1) is 12.7. The van der Waals surface area contributed by atoms with Crippen molar-refractivity contribution in [2.75, 3.05) is 26.7 Å². The molecule has 0 spiro atoms. The first kappa shape index (κ1) is 16.7. The van der Waals surface area contributed by atoms with Gasteiger partial charge < -0.3 is 10.2 Å². The van der Waals surface area contributed by atoms with Crippen molar-refractivity contribution in [1.29, 1.82) is 0 Å². The molecule has 0 aliphatic carbocycles. The second-order valence-corrected chi connectivity index (χ2v) is 6.97. The minimum atomic E-state index is 0.0158. The Morgan fingerprint density at radius 1 is 1.31 bits per heavy atom. The van der Waals surface area contributed by atoms with Gasteiger partial charge in [-0.25, -0.2) is 9.67 Å². The van der Waals surface area contributed by atoms with E-state index in [4.69, 9.17) is 0 Å². The lowest BCUT2D eigenvalue weighted by atomic mass is 10.1. The van der Waals surface area contributed by atoms with Crippen molar-refractivity contribution < 1.29 is 4.79 Å². The molecule has 3 aromatic rings. The summed E-state index contributed by atoms with van der Waals surface area (Å²) >= 11 is 0. The first-order valence-electron chi connectivity index (χ1n) is 9.02. The van der Waals surface area contributed by atoms with Crippen LogP contribution in [0.1, 0.15) is 22.3 Å². The highest BCUT2D eigenvalue weighted by Gasteiger charge is 2.20. The maximum Gasteiger partial charge on any atom is 0.255 e. The Bertz CT molecular complexity index is 899. The molecule has 1 N–H and O–H groups in total. The molecular formula is C20H23N5O. The number of pyridine rings is 1. The summed E-state index contributed by atoms with van der Waals surface area (Å²) < 4.78 is 1.87. The Morgan fingerprint density at radius 3 is 2.92 bits per heavy atom. The van der Waals surface area contributed by atoms with Crippen LogP contribution in [0.5, 0.6) is 0 Å². The van der Waals surface area contributed by atoms with E-state index >= 15 is 0 Å². The molecule has 1 aliphatic rings. The van der Waals surface area contributed by atoms with Gasteiger partial charge in [0.15, 0.2) is 5.65 Å². The molecule has 1 aromatic carbocycles. The zero-order valence-electron chi connectivity index (χ0n) is 14.9. The summed E-state index contributed by atoms with van der Waals surface area (Å²) in [6, 6.07) is 12.1. The third kappa shape index (κ3) is 3.46. The molecule has 134 valence electrons. The highest BCUT2D eigenvalue weighted by molar-refractivity contribution is 5.96. The van der Waals surface area contributed by atoms with Crippen LogP contribution in [-0.2, 0) is 6.54 Å². The van der Waals surface area contributed by atoms with Crippen LogP contribution in [0.3, 0.4) is 0 Å². The SMILES string of the molecule is CN(CC1CCNC1)C(=O)c1cnc2c(cnn2Cc2ccccc2)c1. The number of carbonyl (C=O) groups excluding carboxylic acids is 1. The third-order valence-electron chi connectivity index (χ3n) is 4.94. The number of hydrogen-bond donors (Lipinski definition) is 1. The van der Waals surface area contributed by atoms with Crippen LogP contribution in [0.15, 0.2) is 48.8 Å². The Morgan fingerprint density at radius 2 is 2.15 bits per heavy atom. The van der Waals surface area contributed by atoms with Crippen LogP contribution in [0.4, 0.5) is 0 Å². The molecule has 26 heavy (non-hydrogen) atoms. The molecule has 2 aromatic heterocycles. The molecule has 4 rings (SSSR count). The second kappa shape index (κ2) is 7.25. The summed E-state index contributed by atoms with van der Waals surface area (Å²) in [5.41, 5.74) is 2.59. The van der Waals surface area contributed by atoms with E-state index in [1.807, 2.05) is 36.0 Å². The summed E-state index contributed by atoms with van der Waals surface area (Å²) in [6.07, 6.45) is 4.57. The third-order valence-corrected chi connectivity index (χ3v) is 4.94. The lowest BCUT2D eigenvalue weighted by molar-refractivity contribution is 0.0776. The fourth-order valence-electron chi connectivity index (χ4n) is 3.52. The molecule has 1 aliphatic heterocycles. The van der Waals surface area contributed by atoms with Gasteiger partial charge in [-0.2, -0.15) is 5.10 Å². The van der Waals surface area contributed by atoms with Crippen LogP contribution in [0.2, 0.25) is 0 Å². The average Bonchev–Trinajstić information content (AvgIpc) is 3.32. The van der Waals surface area contributed by atoms with Gasteiger partial charge in [0.1, 0.15) is 0 Å². The van der Waals surface area contributed by atoms with E-state index in [2.05, 4.69) is 27.5 Å². The molecule has 6 heteroatoms. The Labute approximate surface area is 152 Å². The quantitative estimate of drug-likeness (QED) is 0.767. The van der Waals surface area contributed by atoms with Gasteiger partial charge >= 0.3 is 0 Å². The molecule has 6 nitrogen and oxygen atoms in total. The monoisotopic (exact) mass is 349 g/mol. The fourth-order valence-corrected chi connectivity index (χ4v) is 3.52. The molecular weight excluding hydrogens is 326 g/mol. The van der Waals surface area contributed by atoms with E-state index in [0.717, 1.165) is 37.1 Å². The van der Waals surface area contributed by atoms with Crippen molar-refractivity contribution in [1.82, 2.24) is 25.0 Å². The normalized spacial score (nSPS) is 16.9. The van der Waals surface area contributed by atoms with Crippen molar-refractivity contribution in [2.45, 2.75) is 13.0 Å². The number of fused-ring (bicyclic) bond motifs is 1. The predicted octanol–water partition coefficient (Wildman–Crippen LogP) is 2.16. The largest absolute Gasteiger partial charge is 0.341 e. The molecule has 1 unspecified atom stereocenters. The van der Waals surface area contributed by atoms with Crippen molar-refractivity contribution in [3.63, 3.8) is 0 Å². The zero-order valence-corrected chi connectivity index (χ0v) is 14.9. The maximum absolute atomic E-state index is 12.7. The number of hydrogen-bond acceptors (Lipinski definition) is 4. The predicted molar refractivity (Wildman–Crippen MR) is 101 cm³/mol. The van der Waals surface area contributed by atoms with Crippen LogP contribution in [0, 0.1) is 5.92 Å². The number of nitrogens with zero attached hydrogens (tertiary/aromatic N) is 4. The number of rotatable bonds is 5. The molecule has 1 atom stereocenters. The number of aromatic nitrogens is 3. The number of amides is 1. The lowest BCUT2D eigenvalue weighted by Crippen LogP contribution is -2.32. The number of carbonyl (C=O) groups is 1. The van der Waals surface area contributed by atoms with E-state index in [1.165, 1.54) is 5.56 Å². The van der Waals surface area contributed by atoms with E-state index in [9.17, 15) is 4.79 Å². The topological polar surface area (TPSA) is 63.1 Å². The minimum Gasteiger partial charge on any atom is -0.341 e. The van der Waals surface area contributed by atoms with Crippen LogP contribution in [-0.4, -0.2) is 52.3 Å². The van der Waals surface area contributed by atoms with Gasteiger partial charge in [-0.1, -0.05) is 30.3 Å². The molecule has 0 saturated carbocycles. The summed E-state index contributed by atoms with van der Waals surface area (Å²) in [7, 11) is 1.86. The Hall–Kier alpha value is -2.73. The molecule has 0 bridgehead atoms. The van der Waals surface area contributed by atoms with Crippen molar-refractivity contribution in [2.24, 2.45) is 5.92 Å². The standard InChI is InChI=1S/C20H23N5O/c1-24(13-16-7-8-21-10-16)20(26)18-9-17-12-23-25(19(17)22-11-18)14-15-5-3-2-4-6-15/h2-6,9,11-12,16,21H,7-8,10,13-14H2,1H3. The van der Waals surface area contributed by atoms with Crippen molar-refractivity contribution in [3.05, 3.63) is 59.9 Å². The molecule has 1 saturated heterocycles. The summed E-state index contributed by atoms with van der Waals surface area (Å²) in [5, 5.41) is 8.67. The van der Waals surface area contributed by atoms with Gasteiger partial charge in [0, 0.05) is 25.2 Å². The number of benzene rings is 1. The lowest BCUT2D eigenvalue weighted by Gasteiger charge is -2.20. The van der Waals surface area contributed by atoms with Gasteiger partial charge in [0.05, 0.1) is 18.3 Å². The smallest absolute Gasteiger partial charge is 0.255 e. The highest BCUT2D eigenvalue weighted by Crippen LogP contribution is 2.17. The average molecular weight is 349 g/mol. The minimum absolute atomic E-state index is 0.0158. The van der Waals surface area contributed by atoms with Crippen molar-refractivity contribution >= 4 is 16.9 Å². The van der Waals surface area contributed by atoms with E-state index in [1.54, 1.807) is 17.3 Å². The number of nitrogens with one attached hydrogen (secondary N) is 1. The summed E-state index contributed by atoms with van der Waals surface area (Å²) in [4.78, 5) is 19.0. The van der Waals surface area contributed by atoms with Crippen LogP contribution in [0.25, 0.3) is 11.0 Å². The molecule has 1 fully saturated rings. The Kier molecular flexibility index (Phi) is 4.67. The Balaban J connectivity index is 1.51. The first-order valence-corrected chi connectivity index (χ1v) is 9.02. The van der Waals surface area contributed by atoms with Gasteiger partial charge in [-0.15, -0.1) is 0 Å². The van der Waals surface area contributed by atoms with Gasteiger partial charge in [-0.3, -0.25) is 4.79 Å². The molecule has 3 heterocycles. The van der Waals surface area contributed by atoms with E-state index in [0.29, 0.717) is 18.0 Å². The van der Waals surface area contributed by atoms with Crippen LogP contribution >= 0.6 is 0 Å². The van der Waals surface area contributed by atoms with Crippen molar-refractivity contribution in [3.8, 4) is 0 Å². The highest BCUT2D eigenvalue weighted by atomic mass is 16.2. The van der Waals surface area contributed by atoms with Gasteiger partial charge in [0.25, 0.3) is 5.91 Å². The van der Waals surface area contributed by atoms with Gasteiger partial charge in [0.2, 0.25) is 0 Å². The molecule has 0 radical (unpaired) electrons. The van der Waals surface area contributed by atoms with E-state index in [-0.39, 0.29) is 5.91 Å². The fraction of sp³-hybridized carbons (Fsp3) is 0.350. The second-order valence-electron chi connectivity index (χ2n) is 6.97. The summed E-state index contributed by atoms with van der Waals surface area (Å²) in [5.74, 6) is 0.552. The van der Waals surface area contributed by atoms with Gasteiger partial charge in [-0.05, 0) is 37.1 Å². The zero-order chi connectivity index (χ0) is 17.9. The summed E-state index contributed by atoms with van der Waals surface area (Å²) in [6.45, 7) is 3.47.